The topological polar surface area (TPSA) is 17.1 Å². The largest absolute Gasteiger partial charge is 0.300 e. The van der Waals surface area contributed by atoms with Crippen LogP contribution in [0.5, 0.6) is 0 Å². The minimum Gasteiger partial charge on any atom is -0.300 e. The van der Waals surface area contributed by atoms with Crippen molar-refractivity contribution in [3.8, 4) is 0 Å². The summed E-state index contributed by atoms with van der Waals surface area (Å²) in [6, 6.07) is 6.56. The van der Waals surface area contributed by atoms with Crippen LogP contribution in [-0.2, 0) is 4.79 Å². The van der Waals surface area contributed by atoms with Gasteiger partial charge in [-0.1, -0.05) is 17.7 Å². The molecule has 1 nitrogen and oxygen atoms in total. The first kappa shape index (κ1) is 13.3. The molecule has 1 rings (SSSR count). The van der Waals surface area contributed by atoms with E-state index in [0.29, 0.717) is 5.78 Å². The molecule has 0 aliphatic rings. The molecule has 0 unspecified atom stereocenters. The van der Waals surface area contributed by atoms with Crippen molar-refractivity contribution < 1.29 is 4.79 Å². The fourth-order valence-corrected chi connectivity index (χ4v) is 2.65. The first-order valence-electron chi connectivity index (χ1n) is 5.79. The van der Waals surface area contributed by atoms with Gasteiger partial charge in [0.2, 0.25) is 0 Å². The summed E-state index contributed by atoms with van der Waals surface area (Å²) in [6.45, 7) is 5.94. The lowest BCUT2D eigenvalue weighted by Crippen LogP contribution is -1.91. The third-order valence-corrected chi connectivity index (χ3v) is 3.77. The van der Waals surface area contributed by atoms with Crippen molar-refractivity contribution in [3.05, 3.63) is 29.3 Å². The summed E-state index contributed by atoms with van der Waals surface area (Å²) in [5.41, 5.74) is 2.67. The summed E-state index contributed by atoms with van der Waals surface area (Å²) in [4.78, 5) is 12.1. The predicted molar refractivity (Wildman–Crippen MR) is 71.2 cm³/mol. The third-order valence-electron chi connectivity index (χ3n) is 2.52. The van der Waals surface area contributed by atoms with Crippen LogP contribution in [0.15, 0.2) is 23.1 Å². The van der Waals surface area contributed by atoms with E-state index in [4.69, 9.17) is 0 Å². The molecule has 0 aromatic heterocycles. The van der Waals surface area contributed by atoms with Crippen LogP contribution in [0, 0.1) is 13.8 Å². The van der Waals surface area contributed by atoms with Gasteiger partial charge in [0.25, 0.3) is 0 Å². The predicted octanol–water partition coefficient (Wildman–Crippen LogP) is 4.15. The molecule has 0 bridgehead atoms. The van der Waals surface area contributed by atoms with Crippen LogP contribution < -0.4 is 0 Å². The molecule has 2 heteroatoms. The number of hydrogen-bond donors (Lipinski definition) is 0. The van der Waals surface area contributed by atoms with E-state index in [-0.39, 0.29) is 0 Å². The van der Waals surface area contributed by atoms with Crippen LogP contribution in [-0.4, -0.2) is 11.5 Å². The van der Waals surface area contributed by atoms with E-state index in [1.165, 1.54) is 16.0 Å². The third kappa shape index (κ3) is 4.84. The Balaban J connectivity index is 2.31. The van der Waals surface area contributed by atoms with Crippen LogP contribution in [0.1, 0.15) is 37.3 Å². The summed E-state index contributed by atoms with van der Waals surface area (Å²) in [5.74, 6) is 1.41. The van der Waals surface area contributed by atoms with Gasteiger partial charge in [-0.05, 0) is 51.0 Å². The molecule has 0 saturated heterocycles. The van der Waals surface area contributed by atoms with Crippen LogP contribution >= 0.6 is 11.8 Å². The number of aryl methyl sites for hydroxylation is 2. The molecule has 0 spiro atoms. The second-order valence-electron chi connectivity index (χ2n) is 4.28. The Morgan fingerprint density at radius 2 is 2.00 bits per heavy atom. The van der Waals surface area contributed by atoms with Crippen molar-refractivity contribution in [2.24, 2.45) is 0 Å². The summed E-state index contributed by atoms with van der Waals surface area (Å²) in [7, 11) is 0. The molecule has 0 N–H and O–H groups in total. The quantitative estimate of drug-likeness (QED) is 0.545. The Labute approximate surface area is 103 Å². The molecular weight excluding hydrogens is 216 g/mol. The zero-order valence-electron chi connectivity index (χ0n) is 10.4. The van der Waals surface area contributed by atoms with E-state index in [1.807, 2.05) is 11.8 Å². The van der Waals surface area contributed by atoms with Gasteiger partial charge in [0.15, 0.2) is 0 Å². The van der Waals surface area contributed by atoms with E-state index in [9.17, 15) is 4.79 Å². The van der Waals surface area contributed by atoms with Crippen molar-refractivity contribution in [1.82, 2.24) is 0 Å². The molecule has 0 aliphatic carbocycles. The van der Waals surface area contributed by atoms with Gasteiger partial charge in [-0.15, -0.1) is 11.8 Å². The van der Waals surface area contributed by atoms with Gasteiger partial charge in [0.05, 0.1) is 0 Å². The number of thioether (sulfide) groups is 1. The average Bonchev–Trinajstić information content (AvgIpc) is 2.22. The Hall–Kier alpha value is -0.760. The first-order chi connectivity index (χ1) is 7.59. The molecule has 0 radical (unpaired) electrons. The van der Waals surface area contributed by atoms with Crippen molar-refractivity contribution in [2.75, 3.05) is 5.75 Å². The Morgan fingerprint density at radius 3 is 2.69 bits per heavy atom. The smallest absolute Gasteiger partial charge is 0.129 e. The summed E-state index contributed by atoms with van der Waals surface area (Å²) < 4.78 is 0. The molecular formula is C14H20OS. The first-order valence-corrected chi connectivity index (χ1v) is 6.77. The van der Waals surface area contributed by atoms with Crippen LogP contribution in [0.4, 0.5) is 0 Å². The Kier molecular flexibility index (Phi) is 5.61. The molecule has 0 aliphatic heterocycles. The van der Waals surface area contributed by atoms with Gasteiger partial charge in [0.1, 0.15) is 5.78 Å². The highest BCUT2D eigenvalue weighted by molar-refractivity contribution is 7.99. The van der Waals surface area contributed by atoms with Gasteiger partial charge in [0, 0.05) is 11.3 Å². The van der Waals surface area contributed by atoms with Gasteiger partial charge in [-0.25, -0.2) is 0 Å². The maximum absolute atomic E-state index is 10.8. The molecule has 0 atom stereocenters. The monoisotopic (exact) mass is 236 g/mol. The number of ketones is 1. The highest BCUT2D eigenvalue weighted by Crippen LogP contribution is 2.24. The van der Waals surface area contributed by atoms with Crippen molar-refractivity contribution >= 4 is 17.5 Å². The number of hydrogen-bond acceptors (Lipinski definition) is 2. The van der Waals surface area contributed by atoms with Crippen LogP contribution in [0.25, 0.3) is 0 Å². The van der Waals surface area contributed by atoms with Gasteiger partial charge >= 0.3 is 0 Å². The lowest BCUT2D eigenvalue weighted by atomic mass is 10.2. The van der Waals surface area contributed by atoms with Crippen LogP contribution in [0.3, 0.4) is 0 Å². The fraction of sp³-hybridized carbons (Fsp3) is 0.500. The van der Waals surface area contributed by atoms with Gasteiger partial charge in [-0.2, -0.15) is 0 Å². The van der Waals surface area contributed by atoms with Crippen molar-refractivity contribution in [1.29, 1.82) is 0 Å². The molecule has 0 saturated carbocycles. The summed E-state index contributed by atoms with van der Waals surface area (Å²) >= 11 is 1.90. The number of Topliss-reactive ketones (excluding diaryl/α,β-unsaturated/α-hetero) is 1. The van der Waals surface area contributed by atoms with E-state index in [0.717, 1.165) is 25.0 Å². The molecule has 88 valence electrons. The van der Waals surface area contributed by atoms with Gasteiger partial charge < -0.3 is 4.79 Å². The zero-order chi connectivity index (χ0) is 12.0. The maximum atomic E-state index is 10.8. The van der Waals surface area contributed by atoms with E-state index < -0.39 is 0 Å². The lowest BCUT2D eigenvalue weighted by molar-refractivity contribution is -0.117. The van der Waals surface area contributed by atoms with E-state index >= 15 is 0 Å². The summed E-state index contributed by atoms with van der Waals surface area (Å²) in [5, 5.41) is 0. The van der Waals surface area contributed by atoms with Crippen molar-refractivity contribution in [3.63, 3.8) is 0 Å². The normalized spacial score (nSPS) is 10.4. The number of benzene rings is 1. The maximum Gasteiger partial charge on any atom is 0.129 e. The molecule has 1 aromatic carbocycles. The number of carbonyl (C=O) groups excluding carboxylic acids is 1. The highest BCUT2D eigenvalue weighted by Gasteiger charge is 2.00. The fourth-order valence-electron chi connectivity index (χ4n) is 1.52. The lowest BCUT2D eigenvalue weighted by Gasteiger charge is -2.06. The SMILES string of the molecule is CC(=O)CCCCSc1cc(C)ccc1C. The number of rotatable bonds is 6. The van der Waals surface area contributed by atoms with Gasteiger partial charge in [-0.3, -0.25) is 0 Å². The minimum atomic E-state index is 0.303. The standard InChI is InChI=1S/C14H20OS/c1-11-7-8-12(2)14(10-11)16-9-5-4-6-13(3)15/h7-8,10H,4-6,9H2,1-3H3. The molecule has 0 amide bonds. The summed E-state index contributed by atoms with van der Waals surface area (Å²) in [6.07, 6.45) is 2.87. The highest BCUT2D eigenvalue weighted by atomic mass is 32.2. The Morgan fingerprint density at radius 1 is 1.25 bits per heavy atom. The molecule has 16 heavy (non-hydrogen) atoms. The number of unbranched alkanes of at least 4 members (excludes halogenated alkanes) is 1. The number of carbonyl (C=O) groups is 1. The molecule has 0 fully saturated rings. The minimum absolute atomic E-state index is 0.303. The van der Waals surface area contributed by atoms with E-state index in [1.54, 1.807) is 6.92 Å². The molecule has 1 aromatic rings. The second kappa shape index (κ2) is 6.74. The van der Waals surface area contributed by atoms with Crippen molar-refractivity contribution in [2.45, 2.75) is 44.9 Å². The Bertz CT molecular complexity index is 358. The second-order valence-corrected chi connectivity index (χ2v) is 5.41. The molecule has 0 heterocycles. The zero-order valence-corrected chi connectivity index (χ0v) is 11.2. The average molecular weight is 236 g/mol. The van der Waals surface area contributed by atoms with Crippen LogP contribution in [0.2, 0.25) is 0 Å². The van der Waals surface area contributed by atoms with E-state index in [2.05, 4.69) is 32.0 Å².